The first kappa shape index (κ1) is 34.7. The Hall–Kier alpha value is -3.69. The third-order valence-electron chi connectivity index (χ3n) is 11.0. The molecule has 13 nitrogen and oxygen atoms in total. The zero-order valence-electron chi connectivity index (χ0n) is 28.7. The number of nitrogens with one attached hydrogen (secondary N) is 1. The molecule has 1 N–H and O–H groups in total. The molecule has 1 unspecified atom stereocenters. The fraction of sp³-hybridized carbons (Fsp3) is 0.514. The first-order valence-corrected chi connectivity index (χ1v) is 18.7. The molecule has 2 saturated heterocycles. The fourth-order valence-corrected chi connectivity index (χ4v) is 9.50. The molecule has 1 atom stereocenters. The highest BCUT2D eigenvalue weighted by Gasteiger charge is 2.51. The molecule has 1 aromatic heterocycles. The Morgan fingerprint density at radius 1 is 1.10 bits per heavy atom. The maximum atomic E-state index is 13.7. The number of methoxy groups -OCH3 is 2. The SMILES string of the molecule is COCC1CN(c2cc(Cl)c3c4c(c(=O)oc3c2C)CN(C(=O)c2ccc(C(=O)NS(=O)(=O)N3CC5(CCC5)C3)c(OC)c2)CC4)CCN1C. The van der Waals surface area contributed by atoms with E-state index in [2.05, 4.69) is 21.6 Å². The number of ether oxygens (including phenoxy) is 2. The van der Waals surface area contributed by atoms with E-state index < -0.39 is 21.7 Å². The fourth-order valence-electron chi connectivity index (χ4n) is 7.84. The van der Waals surface area contributed by atoms with Crippen LogP contribution in [0.4, 0.5) is 5.69 Å². The number of fused-ring (bicyclic) bond motifs is 3. The lowest BCUT2D eigenvalue weighted by Crippen LogP contribution is -2.63. The van der Waals surface area contributed by atoms with Crippen LogP contribution >= 0.6 is 11.6 Å². The van der Waals surface area contributed by atoms with Crippen LogP contribution in [0.1, 0.15) is 56.7 Å². The highest BCUT2D eigenvalue weighted by atomic mass is 35.5. The topological polar surface area (TPSA) is 142 Å². The molecule has 0 radical (unpaired) electrons. The number of likely N-dealkylation sites (N-methyl/N-ethyl adjacent to an activating group) is 1. The van der Waals surface area contributed by atoms with E-state index in [1.807, 2.05) is 13.0 Å². The van der Waals surface area contributed by atoms with Crippen LogP contribution in [0, 0.1) is 12.3 Å². The Morgan fingerprint density at radius 2 is 1.86 bits per heavy atom. The van der Waals surface area contributed by atoms with Gasteiger partial charge in [0.15, 0.2) is 0 Å². The van der Waals surface area contributed by atoms with Crippen LogP contribution in [0.2, 0.25) is 5.02 Å². The van der Waals surface area contributed by atoms with Gasteiger partial charge in [0, 0.05) is 68.6 Å². The second-order valence-electron chi connectivity index (χ2n) is 14.0. The number of aryl methyl sites for hydroxylation is 1. The summed E-state index contributed by atoms with van der Waals surface area (Å²) >= 11 is 6.94. The summed E-state index contributed by atoms with van der Waals surface area (Å²) in [7, 11) is 1.11. The van der Waals surface area contributed by atoms with Crippen molar-refractivity contribution in [3.05, 3.63) is 67.5 Å². The van der Waals surface area contributed by atoms with E-state index in [0.29, 0.717) is 54.2 Å². The van der Waals surface area contributed by atoms with Gasteiger partial charge in [0.2, 0.25) is 0 Å². The Morgan fingerprint density at radius 3 is 2.54 bits per heavy atom. The van der Waals surface area contributed by atoms with E-state index in [9.17, 15) is 22.8 Å². The molecular weight excluding hydrogens is 686 g/mol. The zero-order valence-corrected chi connectivity index (χ0v) is 30.3. The smallest absolute Gasteiger partial charge is 0.341 e. The molecule has 2 aromatic carbocycles. The van der Waals surface area contributed by atoms with E-state index in [-0.39, 0.29) is 40.8 Å². The van der Waals surface area contributed by atoms with Crippen LogP contribution in [0.5, 0.6) is 5.75 Å². The molecule has 4 aliphatic rings. The second kappa shape index (κ2) is 13.1. The number of carbonyl (C=O) groups is 2. The number of piperazine rings is 1. The van der Waals surface area contributed by atoms with E-state index in [1.54, 1.807) is 12.0 Å². The number of anilines is 1. The molecule has 0 bridgehead atoms. The molecule has 1 saturated carbocycles. The molecule has 3 aromatic rings. The van der Waals surface area contributed by atoms with Crippen molar-refractivity contribution < 1.29 is 31.9 Å². The number of halogens is 1. The summed E-state index contributed by atoms with van der Waals surface area (Å²) in [6.45, 7) is 6.08. The number of hydrogen-bond donors (Lipinski definition) is 1. The number of benzene rings is 2. The minimum absolute atomic E-state index is 0.0147. The molecule has 4 heterocycles. The predicted molar refractivity (Wildman–Crippen MR) is 188 cm³/mol. The summed E-state index contributed by atoms with van der Waals surface area (Å²) < 4.78 is 45.9. The largest absolute Gasteiger partial charge is 0.496 e. The van der Waals surface area contributed by atoms with Gasteiger partial charge in [0.25, 0.3) is 11.8 Å². The number of rotatable bonds is 8. The summed E-state index contributed by atoms with van der Waals surface area (Å²) in [5, 5.41) is 1.17. The molecule has 50 heavy (non-hydrogen) atoms. The van der Waals surface area contributed by atoms with Gasteiger partial charge in [-0.1, -0.05) is 18.0 Å². The molecule has 3 aliphatic heterocycles. The van der Waals surface area contributed by atoms with E-state index in [0.717, 1.165) is 55.7 Å². The average molecular weight is 728 g/mol. The monoisotopic (exact) mass is 727 g/mol. The van der Waals surface area contributed by atoms with Crippen LogP contribution < -0.4 is 20.0 Å². The number of carbonyl (C=O) groups excluding carboxylic acids is 2. The van der Waals surface area contributed by atoms with E-state index in [4.69, 9.17) is 25.5 Å². The van der Waals surface area contributed by atoms with Crippen molar-refractivity contribution in [2.45, 2.75) is 45.2 Å². The molecule has 1 aliphatic carbocycles. The lowest BCUT2D eigenvalue weighted by Gasteiger charge is -2.54. The highest BCUT2D eigenvalue weighted by molar-refractivity contribution is 7.87. The first-order valence-electron chi connectivity index (χ1n) is 16.9. The van der Waals surface area contributed by atoms with Crippen molar-refractivity contribution >= 4 is 50.3 Å². The van der Waals surface area contributed by atoms with Crippen molar-refractivity contribution in [1.29, 1.82) is 0 Å². The number of hydrogen-bond acceptors (Lipinski definition) is 10. The van der Waals surface area contributed by atoms with Crippen LogP contribution in [0.25, 0.3) is 11.0 Å². The quantitative estimate of drug-likeness (QED) is 0.344. The minimum Gasteiger partial charge on any atom is -0.496 e. The van der Waals surface area contributed by atoms with Gasteiger partial charge in [0.1, 0.15) is 11.3 Å². The van der Waals surface area contributed by atoms with Crippen molar-refractivity contribution in [2.75, 3.05) is 72.0 Å². The maximum absolute atomic E-state index is 13.7. The van der Waals surface area contributed by atoms with Gasteiger partial charge in [0.05, 0.1) is 42.5 Å². The van der Waals surface area contributed by atoms with Crippen molar-refractivity contribution in [3.8, 4) is 5.75 Å². The van der Waals surface area contributed by atoms with Crippen LogP contribution in [0.3, 0.4) is 0 Å². The highest BCUT2D eigenvalue weighted by Crippen LogP contribution is 2.49. The van der Waals surface area contributed by atoms with Crippen LogP contribution in [0.15, 0.2) is 33.5 Å². The lowest BCUT2D eigenvalue weighted by atomic mass is 9.65. The summed E-state index contributed by atoms with van der Waals surface area (Å²) in [5.41, 5.74) is 3.09. The molecule has 7 rings (SSSR count). The van der Waals surface area contributed by atoms with E-state index in [1.165, 1.54) is 29.6 Å². The van der Waals surface area contributed by atoms with Gasteiger partial charge in [-0.2, -0.15) is 12.7 Å². The third-order valence-corrected chi connectivity index (χ3v) is 12.7. The molecule has 268 valence electrons. The third kappa shape index (κ3) is 6.04. The standard InChI is InChI=1S/C35H42ClN5O8S/c1-21-28(39-13-12-38(2)23(16-39)18-47-3)15-27(36)30-24-8-11-40(17-26(24)34(44)49-31(21)30)33(43)22-6-7-25(29(14-22)48-4)32(42)37-50(45,46)41-19-35(20-41)9-5-10-35/h6-7,14-15,23H,5,8-13,16-20H2,1-4H3,(H,37,42). The molecule has 2 amide bonds. The number of amides is 2. The first-order chi connectivity index (χ1) is 23.8. The normalized spacial score (nSPS) is 20.7. The van der Waals surface area contributed by atoms with Gasteiger partial charge in [-0.3, -0.25) is 14.5 Å². The Labute approximate surface area is 296 Å². The predicted octanol–water partition coefficient (Wildman–Crippen LogP) is 3.19. The number of nitrogens with zero attached hydrogens (tertiary/aromatic N) is 4. The summed E-state index contributed by atoms with van der Waals surface area (Å²) in [5.74, 6) is -1.17. The minimum atomic E-state index is -4.01. The van der Waals surface area contributed by atoms with E-state index >= 15 is 0 Å². The van der Waals surface area contributed by atoms with Crippen LogP contribution in [-0.4, -0.2) is 108 Å². The second-order valence-corrected chi connectivity index (χ2v) is 16.1. The summed E-state index contributed by atoms with van der Waals surface area (Å²) in [6, 6.07) is 6.39. The maximum Gasteiger partial charge on any atom is 0.341 e. The lowest BCUT2D eigenvalue weighted by molar-refractivity contribution is -0.00859. The van der Waals surface area contributed by atoms with Gasteiger partial charge in [-0.15, -0.1) is 0 Å². The summed E-state index contributed by atoms with van der Waals surface area (Å²) in [6.07, 6.45) is 3.49. The van der Waals surface area contributed by atoms with Crippen molar-refractivity contribution in [1.82, 2.24) is 18.8 Å². The molecular formula is C35H42ClN5O8S. The van der Waals surface area contributed by atoms with Gasteiger partial charge in [-0.05, 0) is 68.5 Å². The Bertz CT molecular complexity index is 2040. The molecule has 15 heteroatoms. The molecule has 3 fully saturated rings. The molecule has 1 spiro atoms. The van der Waals surface area contributed by atoms with Gasteiger partial charge in [-0.25, -0.2) is 9.52 Å². The van der Waals surface area contributed by atoms with Crippen LogP contribution in [-0.2, 0) is 27.9 Å². The average Bonchev–Trinajstić information content (AvgIpc) is 3.05. The zero-order chi connectivity index (χ0) is 35.5. The Kier molecular flexibility index (Phi) is 9.12. The Balaban J connectivity index is 1.09. The van der Waals surface area contributed by atoms with Crippen molar-refractivity contribution in [2.24, 2.45) is 5.41 Å². The van der Waals surface area contributed by atoms with Gasteiger partial charge >= 0.3 is 15.8 Å². The van der Waals surface area contributed by atoms with Crippen molar-refractivity contribution in [3.63, 3.8) is 0 Å². The van der Waals surface area contributed by atoms with Gasteiger partial charge < -0.3 is 23.7 Å². The summed E-state index contributed by atoms with van der Waals surface area (Å²) in [4.78, 5) is 46.3.